The van der Waals surface area contributed by atoms with Crippen LogP contribution in [0.5, 0.6) is 0 Å². The Bertz CT molecular complexity index is 222. The van der Waals surface area contributed by atoms with Gasteiger partial charge >= 0.3 is 5.97 Å². The Balaban J connectivity index is 4.15. The van der Waals surface area contributed by atoms with Crippen molar-refractivity contribution in [1.82, 2.24) is 5.09 Å². The predicted octanol–water partition coefficient (Wildman–Crippen LogP) is 1.53. The Morgan fingerprint density at radius 2 is 2.15 bits per heavy atom. The summed E-state index contributed by atoms with van der Waals surface area (Å²) in [5, 5.41) is 3.16. The van der Waals surface area contributed by atoms with Gasteiger partial charge in [-0.15, -0.1) is 0 Å². The molecule has 0 aromatic rings. The average molecular weight is 206 g/mol. The molecule has 0 aliphatic heterocycles. The van der Waals surface area contributed by atoms with Crippen molar-refractivity contribution in [2.75, 3.05) is 27.0 Å². The topological polar surface area (TPSA) is 50.7 Å². The first-order chi connectivity index (χ1) is 5.93. The fourth-order valence-corrected chi connectivity index (χ4v) is 2.02. The van der Waals surface area contributed by atoms with Gasteiger partial charge in [0.05, 0.1) is 6.61 Å². The lowest BCUT2D eigenvalue weighted by molar-refractivity contribution is -0.144. The van der Waals surface area contributed by atoms with Crippen LogP contribution in [0, 0.1) is 0 Å². The molecule has 0 aliphatic rings. The molecule has 1 unspecified atom stereocenters. The van der Waals surface area contributed by atoms with Crippen molar-refractivity contribution in [3.05, 3.63) is 0 Å². The van der Waals surface area contributed by atoms with Crippen LogP contribution in [0.15, 0.2) is 4.74 Å². The van der Waals surface area contributed by atoms with E-state index in [1.165, 1.54) is 0 Å². The largest absolute Gasteiger partial charge is 0.465 e. The van der Waals surface area contributed by atoms with E-state index < -0.39 is 7.21 Å². The lowest BCUT2D eigenvalue weighted by atomic mass is 10.4. The normalized spacial score (nSPS) is 13.6. The number of esters is 1. The minimum atomic E-state index is -1.48. The summed E-state index contributed by atoms with van der Waals surface area (Å²) in [5.74, 6) is -0.209. The van der Waals surface area contributed by atoms with E-state index >= 15 is 0 Å². The van der Waals surface area contributed by atoms with Crippen molar-refractivity contribution >= 4 is 13.2 Å². The highest BCUT2D eigenvalue weighted by Gasteiger charge is 2.17. The number of rotatable bonds is 4. The van der Waals surface area contributed by atoms with Gasteiger partial charge in [-0.1, -0.05) is 0 Å². The Morgan fingerprint density at radius 1 is 1.62 bits per heavy atom. The predicted molar refractivity (Wildman–Crippen MR) is 56.4 cm³/mol. The first kappa shape index (κ1) is 12.7. The maximum atomic E-state index is 11.2. The van der Waals surface area contributed by atoms with Gasteiger partial charge in [0.15, 0.2) is 0 Å². The van der Waals surface area contributed by atoms with Crippen LogP contribution in [-0.4, -0.2) is 39.0 Å². The van der Waals surface area contributed by atoms with Crippen molar-refractivity contribution in [1.29, 1.82) is 0 Å². The second-order valence-electron chi connectivity index (χ2n) is 3.20. The SMILES string of the molecule is CCOC(=O)C(C)NP(C)(C)=NC. The van der Waals surface area contributed by atoms with E-state index in [0.717, 1.165) is 0 Å². The molecule has 0 bridgehead atoms. The first-order valence-electron chi connectivity index (χ1n) is 4.32. The number of carbonyl (C=O) groups is 1. The van der Waals surface area contributed by atoms with E-state index in [4.69, 9.17) is 4.74 Å². The summed E-state index contributed by atoms with van der Waals surface area (Å²) < 4.78 is 9.06. The van der Waals surface area contributed by atoms with Crippen LogP contribution in [0.3, 0.4) is 0 Å². The van der Waals surface area contributed by atoms with Gasteiger partial charge in [0.1, 0.15) is 6.04 Å². The summed E-state index contributed by atoms with van der Waals surface area (Å²) in [6, 6.07) is -0.271. The minimum absolute atomic E-state index is 0.209. The van der Waals surface area contributed by atoms with Crippen molar-refractivity contribution in [3.63, 3.8) is 0 Å². The summed E-state index contributed by atoms with van der Waals surface area (Å²) in [6.45, 7) is 8.05. The molecular weight excluding hydrogens is 187 g/mol. The number of hydrogen-bond donors (Lipinski definition) is 1. The number of nitrogens with one attached hydrogen (secondary N) is 1. The van der Waals surface area contributed by atoms with E-state index in [-0.39, 0.29) is 12.0 Å². The molecule has 1 N–H and O–H groups in total. The zero-order valence-electron chi connectivity index (χ0n) is 9.00. The molecule has 13 heavy (non-hydrogen) atoms. The second kappa shape index (κ2) is 5.40. The first-order valence-corrected chi connectivity index (χ1v) is 6.96. The molecule has 0 aromatic heterocycles. The third-order valence-electron chi connectivity index (χ3n) is 1.65. The molecule has 0 aliphatic carbocycles. The average Bonchev–Trinajstić information content (AvgIpc) is 2.04. The van der Waals surface area contributed by atoms with Gasteiger partial charge in [-0.3, -0.25) is 14.6 Å². The molecule has 5 heteroatoms. The fourth-order valence-electron chi connectivity index (χ4n) is 0.852. The quantitative estimate of drug-likeness (QED) is 0.560. The Hall–Kier alpha value is -0.340. The monoisotopic (exact) mass is 206 g/mol. The van der Waals surface area contributed by atoms with Gasteiger partial charge in [0.25, 0.3) is 0 Å². The Labute approximate surface area is 80.2 Å². The molecule has 1 atom stereocenters. The summed E-state index contributed by atoms with van der Waals surface area (Å²) in [7, 11) is 0.280. The highest BCUT2D eigenvalue weighted by molar-refractivity contribution is 7.62. The third-order valence-corrected chi connectivity index (χ3v) is 3.67. The van der Waals surface area contributed by atoms with Crippen molar-refractivity contribution in [3.8, 4) is 0 Å². The van der Waals surface area contributed by atoms with Crippen LogP contribution in [0.4, 0.5) is 0 Å². The van der Waals surface area contributed by atoms with Gasteiger partial charge < -0.3 is 4.74 Å². The molecule has 0 spiro atoms. The second-order valence-corrected chi connectivity index (χ2v) is 6.64. The maximum Gasteiger partial charge on any atom is 0.323 e. The summed E-state index contributed by atoms with van der Waals surface area (Å²) >= 11 is 0. The third kappa shape index (κ3) is 5.06. The molecule has 0 heterocycles. The fraction of sp³-hybridized carbons (Fsp3) is 0.875. The summed E-state index contributed by atoms with van der Waals surface area (Å²) in [6.07, 6.45) is 0. The number of nitrogens with zero attached hydrogens (tertiary/aromatic N) is 1. The van der Waals surface area contributed by atoms with Gasteiger partial charge in [-0.05, 0) is 27.2 Å². The summed E-state index contributed by atoms with van der Waals surface area (Å²) in [5.41, 5.74) is 0. The molecule has 0 fully saturated rings. The Morgan fingerprint density at radius 3 is 2.54 bits per heavy atom. The van der Waals surface area contributed by atoms with Crippen LogP contribution < -0.4 is 5.09 Å². The molecule has 4 nitrogen and oxygen atoms in total. The molecule has 78 valence electrons. The standard InChI is InChI=1S/C8H19N2O2P/c1-6-12-8(11)7(2)10-13(4,5)9-3/h7,10H,6H2,1-5H3. The molecule has 0 amide bonds. The van der Waals surface area contributed by atoms with Crippen LogP contribution >= 0.6 is 7.21 Å². The Kier molecular flexibility index (Phi) is 5.26. The summed E-state index contributed by atoms with van der Waals surface area (Å²) in [4.78, 5) is 11.2. The van der Waals surface area contributed by atoms with Crippen LogP contribution in [0.25, 0.3) is 0 Å². The molecular formula is C8H19N2O2P. The van der Waals surface area contributed by atoms with Gasteiger partial charge in [0.2, 0.25) is 0 Å². The highest BCUT2D eigenvalue weighted by atomic mass is 31.2. The molecule has 0 saturated heterocycles. The zero-order valence-corrected chi connectivity index (χ0v) is 9.89. The molecule has 0 saturated carbocycles. The maximum absolute atomic E-state index is 11.2. The zero-order chi connectivity index (χ0) is 10.5. The highest BCUT2D eigenvalue weighted by Crippen LogP contribution is 2.35. The van der Waals surface area contributed by atoms with E-state index in [9.17, 15) is 4.79 Å². The van der Waals surface area contributed by atoms with Gasteiger partial charge in [-0.25, -0.2) is 0 Å². The van der Waals surface area contributed by atoms with Crippen LogP contribution in [0.1, 0.15) is 13.8 Å². The molecule has 0 radical (unpaired) electrons. The number of hydrogen-bond acceptors (Lipinski definition) is 3. The van der Waals surface area contributed by atoms with Gasteiger partial charge in [0, 0.05) is 14.3 Å². The van der Waals surface area contributed by atoms with E-state index in [2.05, 4.69) is 9.83 Å². The number of ether oxygens (including phenoxy) is 1. The van der Waals surface area contributed by atoms with E-state index in [1.807, 2.05) is 13.3 Å². The van der Waals surface area contributed by atoms with Crippen molar-refractivity contribution in [2.45, 2.75) is 19.9 Å². The van der Waals surface area contributed by atoms with Crippen molar-refractivity contribution in [2.24, 2.45) is 4.74 Å². The van der Waals surface area contributed by atoms with E-state index in [1.54, 1.807) is 20.9 Å². The molecule has 0 rings (SSSR count). The lowest BCUT2D eigenvalue weighted by Gasteiger charge is -2.19. The molecule has 0 aromatic carbocycles. The van der Waals surface area contributed by atoms with Crippen molar-refractivity contribution < 1.29 is 9.53 Å². The number of carbonyl (C=O) groups excluding carboxylic acids is 1. The van der Waals surface area contributed by atoms with Crippen LogP contribution in [-0.2, 0) is 9.53 Å². The van der Waals surface area contributed by atoms with Gasteiger partial charge in [-0.2, -0.15) is 0 Å². The van der Waals surface area contributed by atoms with Crippen LogP contribution in [0.2, 0.25) is 0 Å². The smallest absolute Gasteiger partial charge is 0.323 e. The lowest BCUT2D eigenvalue weighted by Crippen LogP contribution is -2.32. The van der Waals surface area contributed by atoms with E-state index in [0.29, 0.717) is 6.61 Å². The minimum Gasteiger partial charge on any atom is -0.465 e.